The summed E-state index contributed by atoms with van der Waals surface area (Å²) in [6.07, 6.45) is 4.19. The lowest BCUT2D eigenvalue weighted by Gasteiger charge is -2.63. The number of para-hydroxylation sites is 1. The molecule has 3 aromatic carbocycles. The third-order valence-corrected chi connectivity index (χ3v) is 18.3. The second kappa shape index (κ2) is 18.3. The first-order chi connectivity index (χ1) is 33.7. The molecule has 1 saturated carbocycles. The molecule has 5 heterocycles. The molecule has 71 heavy (non-hydrogen) atoms. The number of aromatic amines is 1. The van der Waals surface area contributed by atoms with Crippen LogP contribution in [0.1, 0.15) is 80.8 Å². The Bertz CT molecular complexity index is 2890. The number of rotatable bonds is 11. The van der Waals surface area contributed by atoms with E-state index in [-0.39, 0.29) is 30.0 Å². The van der Waals surface area contributed by atoms with Gasteiger partial charge in [0.25, 0.3) is 10.1 Å². The van der Waals surface area contributed by atoms with Crippen LogP contribution in [0.5, 0.6) is 5.75 Å². The van der Waals surface area contributed by atoms with Crippen molar-refractivity contribution in [3.8, 4) is 5.75 Å². The van der Waals surface area contributed by atoms with Crippen molar-refractivity contribution in [2.75, 3.05) is 73.1 Å². The van der Waals surface area contributed by atoms with Crippen LogP contribution in [-0.2, 0) is 60.1 Å². The summed E-state index contributed by atoms with van der Waals surface area (Å²) < 4.78 is 58.3. The zero-order valence-corrected chi connectivity index (χ0v) is 43.1. The van der Waals surface area contributed by atoms with Crippen LogP contribution in [-0.4, -0.2) is 149 Å². The average molecular weight is 997 g/mol. The normalized spacial score (nSPS) is 31.7. The standard InChI is InChI=1S/C54H68N4O12S/c1-10-50(62)29-35(31-69-71(64,65)36-19-17-33(3)18-20-36)30-53(48(60)67-8,44-38(21-25-56(5)32-50)37-15-12-13-16-41(37)55-44)40-27-39-42(28-43(40)66-7)57(6)46-52(39)23-26-58-24-14-22-51(11-2,45(52)58)47(70-34(4)59)54(46,63)49(61)68-9/h12-20,22,27-28,35,45-47,55,62-63H,10-11,21,23-26,29-32H2,1-9H3/t35-,45-,46+,47+,50-,51+,52?,53-,54?/m0/s1. The van der Waals surface area contributed by atoms with E-state index in [1.54, 1.807) is 19.2 Å². The predicted octanol–water partition coefficient (Wildman–Crippen LogP) is 5.32. The van der Waals surface area contributed by atoms with Crippen LogP contribution < -0.4 is 9.64 Å². The Labute approximate surface area is 416 Å². The van der Waals surface area contributed by atoms with E-state index < -0.39 is 86.2 Å². The van der Waals surface area contributed by atoms with Gasteiger partial charge in [-0.05, 0) is 100 Å². The van der Waals surface area contributed by atoms with E-state index in [9.17, 15) is 28.2 Å². The largest absolute Gasteiger partial charge is 0.496 e. The lowest BCUT2D eigenvalue weighted by atomic mass is 9.47. The summed E-state index contributed by atoms with van der Waals surface area (Å²) in [5.74, 6) is -2.81. The number of carbonyl (C=O) groups excluding carboxylic acids is 3. The number of aromatic nitrogens is 1. The van der Waals surface area contributed by atoms with Crippen LogP contribution in [0.4, 0.5) is 5.69 Å². The quantitative estimate of drug-likeness (QED) is 0.0755. The van der Waals surface area contributed by atoms with Gasteiger partial charge in [0, 0.05) is 84.4 Å². The number of nitrogens with one attached hydrogen (secondary N) is 1. The fourth-order valence-corrected chi connectivity index (χ4v) is 15.0. The molecule has 1 aromatic heterocycles. The smallest absolute Gasteiger partial charge is 0.344 e. The lowest BCUT2D eigenvalue weighted by Crippen LogP contribution is -2.81. The molecule has 16 nitrogen and oxygen atoms in total. The molecule has 9 rings (SSSR count). The van der Waals surface area contributed by atoms with Gasteiger partial charge < -0.3 is 43.9 Å². The highest BCUT2D eigenvalue weighted by Gasteiger charge is 2.80. The maximum atomic E-state index is 15.8. The van der Waals surface area contributed by atoms with Crippen molar-refractivity contribution in [2.24, 2.45) is 11.3 Å². The molecule has 2 fully saturated rings. The second-order valence-electron chi connectivity index (χ2n) is 20.8. The zero-order chi connectivity index (χ0) is 51.1. The van der Waals surface area contributed by atoms with Crippen LogP contribution >= 0.6 is 0 Å². The number of aryl methyl sites for hydroxylation is 1. The van der Waals surface area contributed by atoms with E-state index in [4.69, 9.17) is 23.1 Å². The second-order valence-corrected chi connectivity index (χ2v) is 22.4. The number of carbonyl (C=O) groups is 3. The third-order valence-electron chi connectivity index (χ3n) is 17.0. The van der Waals surface area contributed by atoms with Crippen LogP contribution in [0.25, 0.3) is 10.9 Å². The van der Waals surface area contributed by atoms with Gasteiger partial charge in [-0.2, -0.15) is 8.42 Å². The summed E-state index contributed by atoms with van der Waals surface area (Å²) >= 11 is 0. The van der Waals surface area contributed by atoms with Gasteiger partial charge in [0.15, 0.2) is 6.10 Å². The van der Waals surface area contributed by atoms with Gasteiger partial charge in [0.1, 0.15) is 11.2 Å². The van der Waals surface area contributed by atoms with E-state index in [0.717, 1.165) is 27.6 Å². The van der Waals surface area contributed by atoms with Gasteiger partial charge in [-0.25, -0.2) is 4.79 Å². The summed E-state index contributed by atoms with van der Waals surface area (Å²) in [4.78, 5) is 53.5. The van der Waals surface area contributed by atoms with Crippen LogP contribution in [0.15, 0.2) is 77.7 Å². The fourth-order valence-electron chi connectivity index (χ4n) is 14.1. The Hall–Kier alpha value is -5.30. The lowest BCUT2D eigenvalue weighted by molar-refractivity contribution is -0.228. The van der Waals surface area contributed by atoms with Crippen molar-refractivity contribution in [3.05, 3.63) is 101 Å². The fraction of sp³-hybridized carbons (Fsp3) is 0.537. The number of aliphatic hydroxyl groups is 2. The Morgan fingerprint density at radius 3 is 2.27 bits per heavy atom. The van der Waals surface area contributed by atoms with Crippen molar-refractivity contribution in [1.29, 1.82) is 0 Å². The Balaban J connectivity index is 1.35. The summed E-state index contributed by atoms with van der Waals surface area (Å²) in [7, 11) is 3.47. The molecule has 9 atom stereocenters. The molecule has 2 unspecified atom stereocenters. The summed E-state index contributed by atoms with van der Waals surface area (Å²) in [5, 5.41) is 27.0. The van der Waals surface area contributed by atoms with Gasteiger partial charge in [-0.1, -0.05) is 61.9 Å². The molecular weight excluding hydrogens is 929 g/mol. The zero-order valence-electron chi connectivity index (χ0n) is 42.2. The molecule has 1 saturated heterocycles. The van der Waals surface area contributed by atoms with Crippen molar-refractivity contribution in [2.45, 2.75) is 111 Å². The van der Waals surface area contributed by atoms with E-state index >= 15 is 4.79 Å². The molecule has 3 N–H and O–H groups in total. The van der Waals surface area contributed by atoms with Crippen molar-refractivity contribution in [1.82, 2.24) is 14.8 Å². The maximum Gasteiger partial charge on any atom is 0.344 e. The number of anilines is 1. The highest BCUT2D eigenvalue weighted by atomic mass is 32.2. The van der Waals surface area contributed by atoms with E-state index in [0.29, 0.717) is 62.3 Å². The number of hydrogen-bond acceptors (Lipinski definition) is 15. The molecule has 382 valence electrons. The van der Waals surface area contributed by atoms with Crippen molar-refractivity contribution in [3.63, 3.8) is 0 Å². The van der Waals surface area contributed by atoms with Gasteiger partial charge in [-0.3, -0.25) is 18.7 Å². The van der Waals surface area contributed by atoms with Gasteiger partial charge >= 0.3 is 17.9 Å². The van der Waals surface area contributed by atoms with Gasteiger partial charge in [0.2, 0.25) is 5.60 Å². The number of methoxy groups -OCH3 is 3. The summed E-state index contributed by atoms with van der Waals surface area (Å²) in [5.41, 5.74) is -2.96. The Morgan fingerprint density at radius 1 is 0.887 bits per heavy atom. The SMILES string of the molecule is CC[C@]1(O)C[C@H](COS(=O)(=O)c2ccc(C)cc2)C[C@](C(=O)OC)(c2cc3c(cc2OC)N(C)[C@H]2C(O)(C(=O)OC)[C@H](OC(C)=O)[C@]4(CC)C=CCN5CCC32[C@@H]54)c2[nH]c3ccccc3c2CCN(C)C1. The minimum atomic E-state index is -4.33. The predicted molar refractivity (Wildman–Crippen MR) is 266 cm³/mol. The first kappa shape index (κ1) is 50.6. The van der Waals surface area contributed by atoms with E-state index in [1.165, 1.54) is 40.4 Å². The highest BCUT2D eigenvalue weighted by molar-refractivity contribution is 7.86. The molecule has 0 radical (unpaired) electrons. The van der Waals surface area contributed by atoms with Crippen molar-refractivity contribution >= 4 is 44.6 Å². The molecule has 0 bridgehead atoms. The van der Waals surface area contributed by atoms with E-state index in [2.05, 4.69) is 14.8 Å². The number of hydrogen-bond donors (Lipinski definition) is 3. The van der Waals surface area contributed by atoms with Gasteiger partial charge in [0.05, 0.1) is 44.5 Å². The molecule has 1 spiro atoms. The van der Waals surface area contributed by atoms with Crippen LogP contribution in [0, 0.1) is 18.3 Å². The van der Waals surface area contributed by atoms with Crippen LogP contribution in [0.2, 0.25) is 0 Å². The number of fused-ring (bicyclic) bond motifs is 4. The number of likely N-dealkylation sites (N-methyl/N-ethyl adjacent to an activating group) is 2. The number of nitrogens with zero attached hydrogens (tertiary/aromatic N) is 3. The monoisotopic (exact) mass is 996 g/mol. The number of ether oxygens (including phenoxy) is 4. The number of esters is 3. The van der Waals surface area contributed by atoms with Gasteiger partial charge in [-0.15, -0.1) is 0 Å². The molecule has 5 aliphatic rings. The average Bonchev–Trinajstić information content (AvgIpc) is 4.01. The topological polar surface area (TPSA) is 197 Å². The molecule has 17 heteroatoms. The number of benzene rings is 3. The van der Waals surface area contributed by atoms with Crippen molar-refractivity contribution < 1.29 is 56.1 Å². The summed E-state index contributed by atoms with van der Waals surface area (Å²) in [6, 6.07) is 16.5. The number of β-amino-alcohol motifs (C(OH)–C–C–N with tert-alkyl or cyclic N) is 1. The Kier molecular flexibility index (Phi) is 13.1. The minimum Gasteiger partial charge on any atom is -0.496 e. The maximum absolute atomic E-state index is 15.8. The number of H-pyrrole nitrogens is 1. The summed E-state index contributed by atoms with van der Waals surface area (Å²) in [6.45, 7) is 8.48. The minimum absolute atomic E-state index is 0.0257. The highest BCUT2D eigenvalue weighted by Crippen LogP contribution is 2.68. The molecule has 4 aromatic rings. The first-order valence-corrected chi connectivity index (χ1v) is 26.1. The molecule has 0 amide bonds. The van der Waals surface area contributed by atoms with Crippen LogP contribution in [0.3, 0.4) is 0 Å². The Morgan fingerprint density at radius 2 is 1.61 bits per heavy atom. The molecule has 1 aliphatic carbocycles. The third kappa shape index (κ3) is 7.62. The molecular formula is C54H68N4O12S. The van der Waals surface area contributed by atoms with E-state index in [1.807, 2.05) is 81.3 Å². The first-order valence-electron chi connectivity index (χ1n) is 24.7. The molecule has 4 aliphatic heterocycles.